The molecule has 0 atom stereocenters. The second kappa shape index (κ2) is 6.88. The number of thiophene rings is 1. The number of halogens is 1. The quantitative estimate of drug-likeness (QED) is 0.723. The number of nitrogens with one attached hydrogen (secondary N) is 1. The van der Waals surface area contributed by atoms with E-state index in [0.717, 1.165) is 15.7 Å². The van der Waals surface area contributed by atoms with Crippen molar-refractivity contribution in [1.82, 2.24) is 9.97 Å². The minimum absolute atomic E-state index is 0.182. The Hall–Kier alpha value is -1.96. The van der Waals surface area contributed by atoms with Crippen molar-refractivity contribution < 1.29 is 4.79 Å². The van der Waals surface area contributed by atoms with Crippen LogP contribution in [0.3, 0.4) is 0 Å². The summed E-state index contributed by atoms with van der Waals surface area (Å²) < 4.78 is 0.705. The first-order chi connectivity index (χ1) is 11.4. The van der Waals surface area contributed by atoms with Gasteiger partial charge in [0.2, 0.25) is 0 Å². The maximum absolute atomic E-state index is 12.5. The van der Waals surface area contributed by atoms with Gasteiger partial charge in [0, 0.05) is 14.1 Å². The lowest BCUT2D eigenvalue weighted by atomic mass is 10.3. The summed E-state index contributed by atoms with van der Waals surface area (Å²) >= 11 is 8.78. The Morgan fingerprint density at radius 3 is 2.58 bits per heavy atom. The van der Waals surface area contributed by atoms with Crippen molar-refractivity contribution in [2.75, 3.05) is 24.3 Å². The number of aryl methyl sites for hydroxylation is 1. The summed E-state index contributed by atoms with van der Waals surface area (Å²) in [6.45, 7) is 1.83. The molecule has 0 aromatic carbocycles. The zero-order chi connectivity index (χ0) is 17.3. The Kier molecular flexibility index (Phi) is 4.84. The van der Waals surface area contributed by atoms with Crippen molar-refractivity contribution in [3.05, 3.63) is 45.4 Å². The highest BCUT2D eigenvalue weighted by Gasteiger charge is 2.17. The van der Waals surface area contributed by atoms with Gasteiger partial charge in [-0.25, -0.2) is 9.97 Å². The van der Waals surface area contributed by atoms with E-state index < -0.39 is 0 Å². The van der Waals surface area contributed by atoms with Crippen LogP contribution in [0.25, 0.3) is 9.88 Å². The van der Waals surface area contributed by atoms with Crippen molar-refractivity contribution in [2.24, 2.45) is 0 Å². The van der Waals surface area contributed by atoms with E-state index in [2.05, 4.69) is 15.3 Å². The molecule has 0 aliphatic rings. The van der Waals surface area contributed by atoms with Crippen LogP contribution in [0.15, 0.2) is 30.5 Å². The standard InChI is InChI=1S/C16H15ClN4OS2/c1-9-14(24-16(19-9)11-5-6-12(17)23-11)15(22)20-10-4-7-13(18-8-10)21(2)3/h4-8H,1-3H3,(H,20,22). The molecule has 1 amide bonds. The molecule has 8 heteroatoms. The van der Waals surface area contributed by atoms with E-state index in [4.69, 9.17) is 11.6 Å². The first kappa shape index (κ1) is 16.9. The van der Waals surface area contributed by atoms with E-state index in [9.17, 15) is 4.79 Å². The average Bonchev–Trinajstić information content (AvgIpc) is 3.13. The van der Waals surface area contributed by atoms with E-state index in [1.807, 2.05) is 50.2 Å². The number of nitrogens with zero attached hydrogens (tertiary/aromatic N) is 3. The molecule has 3 aromatic heterocycles. The predicted octanol–water partition coefficient (Wildman–Crippen LogP) is 4.55. The van der Waals surface area contributed by atoms with Gasteiger partial charge >= 0.3 is 0 Å². The Morgan fingerprint density at radius 2 is 2.00 bits per heavy atom. The monoisotopic (exact) mass is 378 g/mol. The lowest BCUT2D eigenvalue weighted by Crippen LogP contribution is -2.13. The lowest BCUT2D eigenvalue weighted by Gasteiger charge is -2.11. The molecule has 0 radical (unpaired) electrons. The van der Waals surface area contributed by atoms with Crippen LogP contribution in [0.2, 0.25) is 4.34 Å². The second-order valence-electron chi connectivity index (χ2n) is 5.29. The van der Waals surface area contributed by atoms with Crippen LogP contribution >= 0.6 is 34.3 Å². The average molecular weight is 379 g/mol. The maximum atomic E-state index is 12.5. The van der Waals surface area contributed by atoms with Gasteiger partial charge in [0.15, 0.2) is 0 Å². The molecule has 124 valence electrons. The van der Waals surface area contributed by atoms with Gasteiger partial charge in [-0.3, -0.25) is 4.79 Å². The Labute approximate surface area is 152 Å². The predicted molar refractivity (Wildman–Crippen MR) is 102 cm³/mol. The molecule has 0 unspecified atom stereocenters. The third-order valence-corrected chi connectivity index (χ3v) is 5.81. The number of anilines is 2. The van der Waals surface area contributed by atoms with Crippen LogP contribution in [0.4, 0.5) is 11.5 Å². The number of thiazole rings is 1. The molecule has 0 aliphatic heterocycles. The molecule has 3 heterocycles. The van der Waals surface area contributed by atoms with Gasteiger partial charge in [-0.15, -0.1) is 22.7 Å². The Bertz CT molecular complexity index is 871. The zero-order valence-electron chi connectivity index (χ0n) is 13.3. The molecule has 0 bridgehead atoms. The minimum atomic E-state index is -0.182. The molecule has 0 saturated carbocycles. The van der Waals surface area contributed by atoms with Gasteiger partial charge in [0.05, 0.1) is 26.8 Å². The van der Waals surface area contributed by atoms with Crippen molar-refractivity contribution in [1.29, 1.82) is 0 Å². The normalized spacial score (nSPS) is 10.7. The molecule has 5 nitrogen and oxygen atoms in total. The number of hydrogen-bond acceptors (Lipinski definition) is 6. The van der Waals surface area contributed by atoms with Crippen LogP contribution in [0, 0.1) is 6.92 Å². The van der Waals surface area contributed by atoms with Crippen LogP contribution in [-0.4, -0.2) is 30.0 Å². The summed E-state index contributed by atoms with van der Waals surface area (Å²) in [6.07, 6.45) is 1.64. The van der Waals surface area contributed by atoms with E-state index in [1.54, 1.807) is 6.20 Å². The molecule has 3 rings (SSSR count). The molecule has 0 aliphatic carbocycles. The number of amides is 1. The Morgan fingerprint density at radius 1 is 1.21 bits per heavy atom. The third kappa shape index (κ3) is 3.58. The zero-order valence-corrected chi connectivity index (χ0v) is 15.7. The first-order valence-electron chi connectivity index (χ1n) is 7.12. The highest BCUT2D eigenvalue weighted by Crippen LogP contribution is 2.35. The molecule has 0 spiro atoms. The van der Waals surface area contributed by atoms with E-state index in [0.29, 0.717) is 20.6 Å². The van der Waals surface area contributed by atoms with Gasteiger partial charge < -0.3 is 10.2 Å². The van der Waals surface area contributed by atoms with E-state index in [1.165, 1.54) is 22.7 Å². The maximum Gasteiger partial charge on any atom is 0.267 e. The van der Waals surface area contributed by atoms with Crippen LogP contribution in [0.1, 0.15) is 15.4 Å². The highest BCUT2D eigenvalue weighted by atomic mass is 35.5. The smallest absolute Gasteiger partial charge is 0.267 e. The molecule has 1 N–H and O–H groups in total. The van der Waals surface area contributed by atoms with Gasteiger partial charge in [0.25, 0.3) is 5.91 Å². The fraction of sp³-hybridized carbons (Fsp3) is 0.188. The van der Waals surface area contributed by atoms with E-state index in [-0.39, 0.29) is 5.91 Å². The summed E-state index contributed by atoms with van der Waals surface area (Å²) in [5.74, 6) is 0.650. The second-order valence-corrected chi connectivity index (χ2v) is 8.01. The van der Waals surface area contributed by atoms with Crippen LogP contribution < -0.4 is 10.2 Å². The summed E-state index contributed by atoms with van der Waals surface area (Å²) in [5, 5.41) is 3.66. The van der Waals surface area contributed by atoms with Crippen molar-refractivity contribution in [2.45, 2.75) is 6.92 Å². The van der Waals surface area contributed by atoms with Crippen molar-refractivity contribution >= 4 is 51.7 Å². The fourth-order valence-corrected chi connectivity index (χ4v) is 4.11. The lowest BCUT2D eigenvalue weighted by molar-refractivity contribution is 0.103. The van der Waals surface area contributed by atoms with Gasteiger partial charge in [-0.2, -0.15) is 0 Å². The summed E-state index contributed by atoms with van der Waals surface area (Å²) in [7, 11) is 3.83. The molecular formula is C16H15ClN4OS2. The summed E-state index contributed by atoms with van der Waals surface area (Å²) in [5.41, 5.74) is 1.36. The van der Waals surface area contributed by atoms with Crippen molar-refractivity contribution in [3.8, 4) is 9.88 Å². The number of aromatic nitrogens is 2. The summed E-state index contributed by atoms with van der Waals surface area (Å²) in [6, 6.07) is 7.43. The molecular weight excluding hydrogens is 364 g/mol. The molecule has 0 saturated heterocycles. The number of carbonyl (C=O) groups excluding carboxylic acids is 1. The van der Waals surface area contributed by atoms with E-state index >= 15 is 0 Å². The molecule has 0 fully saturated rings. The first-order valence-corrected chi connectivity index (χ1v) is 9.13. The number of carbonyl (C=O) groups is 1. The molecule has 3 aromatic rings. The number of hydrogen-bond donors (Lipinski definition) is 1. The Balaban J connectivity index is 1.79. The minimum Gasteiger partial charge on any atom is -0.363 e. The third-order valence-electron chi connectivity index (χ3n) is 3.25. The van der Waals surface area contributed by atoms with Crippen LogP contribution in [-0.2, 0) is 0 Å². The van der Waals surface area contributed by atoms with Crippen LogP contribution in [0.5, 0.6) is 0 Å². The van der Waals surface area contributed by atoms with Gasteiger partial charge in [-0.05, 0) is 31.2 Å². The topological polar surface area (TPSA) is 58.1 Å². The van der Waals surface area contributed by atoms with Gasteiger partial charge in [0.1, 0.15) is 15.7 Å². The fourth-order valence-electron chi connectivity index (χ4n) is 2.05. The SMILES string of the molecule is Cc1nc(-c2ccc(Cl)s2)sc1C(=O)Nc1ccc(N(C)C)nc1. The molecule has 24 heavy (non-hydrogen) atoms. The number of pyridine rings is 1. The van der Waals surface area contributed by atoms with Gasteiger partial charge in [-0.1, -0.05) is 11.6 Å². The highest BCUT2D eigenvalue weighted by molar-refractivity contribution is 7.24. The van der Waals surface area contributed by atoms with Crippen molar-refractivity contribution in [3.63, 3.8) is 0 Å². The number of rotatable bonds is 4. The summed E-state index contributed by atoms with van der Waals surface area (Å²) in [4.78, 5) is 24.7. The largest absolute Gasteiger partial charge is 0.363 e.